The van der Waals surface area contributed by atoms with E-state index >= 15 is 0 Å². The molecule has 0 fully saturated rings. The third-order valence-electron chi connectivity index (χ3n) is 3.64. The average Bonchev–Trinajstić information content (AvgIpc) is 2.64. The largest absolute Gasteiger partial charge is 0.490 e. The van der Waals surface area contributed by atoms with Crippen LogP contribution in [0.5, 0.6) is 11.5 Å². The lowest BCUT2D eigenvalue weighted by Crippen LogP contribution is -2.18. The van der Waals surface area contributed by atoms with Crippen molar-refractivity contribution < 1.29 is 23.4 Å². The molecule has 0 unspecified atom stereocenters. The van der Waals surface area contributed by atoms with Gasteiger partial charge in [0.15, 0.2) is 6.61 Å². The normalized spacial score (nSPS) is 10.5. The van der Waals surface area contributed by atoms with Gasteiger partial charge in [0.2, 0.25) is 0 Å². The number of hydrogen-bond acceptors (Lipinski definition) is 6. The quantitative estimate of drug-likeness (QED) is 0.369. The second-order valence-corrected chi connectivity index (χ2v) is 5.58. The van der Waals surface area contributed by atoms with E-state index < -0.39 is 11.6 Å². The predicted octanol–water partition coefficient (Wildman–Crippen LogP) is 3.10. The van der Waals surface area contributed by atoms with Crippen molar-refractivity contribution in [1.29, 1.82) is 0 Å². The highest BCUT2D eigenvalue weighted by molar-refractivity contribution is 5.81. The molecule has 2 aromatic carbocycles. The molecule has 134 valence electrons. The monoisotopic (exact) mass is 354 g/mol. The van der Waals surface area contributed by atoms with Gasteiger partial charge in [-0.05, 0) is 36.8 Å². The summed E-state index contributed by atoms with van der Waals surface area (Å²) in [7, 11) is 0. The fourth-order valence-electron chi connectivity index (χ4n) is 2.41. The summed E-state index contributed by atoms with van der Waals surface area (Å²) in [6.45, 7) is 1.97. The van der Waals surface area contributed by atoms with E-state index in [0.29, 0.717) is 17.1 Å². The number of rotatable bonds is 7. The van der Waals surface area contributed by atoms with E-state index in [9.17, 15) is 9.59 Å². The number of carbonyl (C=O) groups excluding carboxylic acids is 1. The molecule has 0 aliphatic rings. The van der Waals surface area contributed by atoms with Gasteiger partial charge in [0.05, 0.1) is 0 Å². The molecule has 0 saturated carbocycles. The van der Waals surface area contributed by atoms with E-state index in [4.69, 9.17) is 18.6 Å². The molecular weight excluding hydrogens is 336 g/mol. The first-order valence-corrected chi connectivity index (χ1v) is 8.12. The Morgan fingerprint density at radius 2 is 1.77 bits per heavy atom. The number of carbonyl (C=O) groups is 1. The lowest BCUT2D eigenvalue weighted by molar-refractivity contribution is -0.146. The number of aryl methyl sites for hydroxylation is 1. The first-order chi connectivity index (χ1) is 12.6. The molecule has 3 rings (SSSR count). The van der Waals surface area contributed by atoms with Crippen LogP contribution < -0.4 is 15.1 Å². The third kappa shape index (κ3) is 4.63. The minimum atomic E-state index is -0.507. The van der Waals surface area contributed by atoms with Crippen LogP contribution in [-0.4, -0.2) is 25.8 Å². The fraction of sp³-hybridized carbons (Fsp3) is 0.200. The summed E-state index contributed by atoms with van der Waals surface area (Å²) in [6, 6.07) is 15.8. The van der Waals surface area contributed by atoms with E-state index in [0.717, 1.165) is 10.9 Å². The van der Waals surface area contributed by atoms with Crippen LogP contribution in [0.2, 0.25) is 0 Å². The molecule has 3 aromatic rings. The molecular formula is C20H18O6. The summed E-state index contributed by atoms with van der Waals surface area (Å²) >= 11 is 0. The predicted molar refractivity (Wildman–Crippen MR) is 95.6 cm³/mol. The van der Waals surface area contributed by atoms with E-state index in [-0.39, 0.29) is 19.8 Å². The van der Waals surface area contributed by atoms with Gasteiger partial charge in [0, 0.05) is 17.5 Å². The van der Waals surface area contributed by atoms with Crippen molar-refractivity contribution in [2.75, 3.05) is 19.8 Å². The Hall–Kier alpha value is -3.28. The van der Waals surface area contributed by atoms with Crippen LogP contribution in [0.3, 0.4) is 0 Å². The van der Waals surface area contributed by atoms with Gasteiger partial charge in [0.1, 0.15) is 30.3 Å². The summed E-state index contributed by atoms with van der Waals surface area (Å²) in [4.78, 5) is 23.2. The molecule has 0 radical (unpaired) electrons. The number of esters is 1. The summed E-state index contributed by atoms with van der Waals surface area (Å²) in [5, 5.41) is 0.817. The molecule has 1 aromatic heterocycles. The van der Waals surface area contributed by atoms with Crippen molar-refractivity contribution in [3.63, 3.8) is 0 Å². The Balaban J connectivity index is 1.47. The molecule has 6 nitrogen and oxygen atoms in total. The molecule has 0 spiro atoms. The molecule has 0 aliphatic heterocycles. The SMILES string of the molecule is Cc1cc(=O)oc2cc(OCC(=O)OCCOc3ccccc3)ccc12. The summed E-state index contributed by atoms with van der Waals surface area (Å²) in [5.74, 6) is 0.629. The van der Waals surface area contributed by atoms with Crippen molar-refractivity contribution in [3.05, 3.63) is 70.6 Å². The molecule has 6 heteroatoms. The summed E-state index contributed by atoms with van der Waals surface area (Å²) < 4.78 is 21.0. The van der Waals surface area contributed by atoms with E-state index in [1.54, 1.807) is 18.2 Å². The molecule has 0 aliphatic carbocycles. The van der Waals surface area contributed by atoms with E-state index in [1.807, 2.05) is 37.3 Å². The highest BCUT2D eigenvalue weighted by Crippen LogP contribution is 2.22. The van der Waals surface area contributed by atoms with Crippen LogP contribution in [0.1, 0.15) is 5.56 Å². The van der Waals surface area contributed by atoms with Gasteiger partial charge in [-0.1, -0.05) is 18.2 Å². The van der Waals surface area contributed by atoms with Crippen LogP contribution in [0.4, 0.5) is 0 Å². The van der Waals surface area contributed by atoms with Crippen molar-refractivity contribution in [2.45, 2.75) is 6.92 Å². The second-order valence-electron chi connectivity index (χ2n) is 5.58. The highest BCUT2D eigenvalue weighted by atomic mass is 16.6. The zero-order valence-electron chi connectivity index (χ0n) is 14.3. The van der Waals surface area contributed by atoms with E-state index in [1.165, 1.54) is 6.07 Å². The van der Waals surface area contributed by atoms with Gasteiger partial charge in [0.25, 0.3) is 0 Å². The fourth-order valence-corrected chi connectivity index (χ4v) is 2.41. The van der Waals surface area contributed by atoms with Gasteiger partial charge >= 0.3 is 11.6 Å². The molecule has 0 bridgehead atoms. The third-order valence-corrected chi connectivity index (χ3v) is 3.64. The Kier molecular flexibility index (Phi) is 5.53. The Labute approximate surface area is 149 Å². The first-order valence-electron chi connectivity index (χ1n) is 8.12. The number of benzene rings is 2. The van der Waals surface area contributed by atoms with Crippen LogP contribution in [0, 0.1) is 6.92 Å². The maximum Gasteiger partial charge on any atom is 0.344 e. The Morgan fingerprint density at radius 1 is 0.962 bits per heavy atom. The zero-order valence-corrected chi connectivity index (χ0v) is 14.3. The van der Waals surface area contributed by atoms with Crippen molar-refractivity contribution in [2.24, 2.45) is 0 Å². The standard InChI is InChI=1S/C20H18O6/c1-14-11-19(21)26-18-12-16(7-8-17(14)18)25-13-20(22)24-10-9-23-15-5-3-2-4-6-15/h2-8,11-12H,9-10,13H2,1H3. The van der Waals surface area contributed by atoms with Crippen LogP contribution >= 0.6 is 0 Å². The average molecular weight is 354 g/mol. The Bertz CT molecular complexity index is 945. The van der Waals surface area contributed by atoms with Gasteiger partial charge in [-0.2, -0.15) is 0 Å². The summed E-state index contributed by atoms with van der Waals surface area (Å²) in [5.41, 5.74) is 0.808. The molecule has 0 N–H and O–H groups in total. The Morgan fingerprint density at radius 3 is 2.58 bits per heavy atom. The zero-order chi connectivity index (χ0) is 18.4. The maximum atomic E-state index is 11.7. The van der Waals surface area contributed by atoms with Gasteiger partial charge in [-0.3, -0.25) is 0 Å². The molecule has 0 atom stereocenters. The summed E-state index contributed by atoms with van der Waals surface area (Å²) in [6.07, 6.45) is 0. The van der Waals surface area contributed by atoms with Crippen LogP contribution in [0.15, 0.2) is 63.8 Å². The first kappa shape index (κ1) is 17.5. The van der Waals surface area contributed by atoms with Gasteiger partial charge in [-0.15, -0.1) is 0 Å². The van der Waals surface area contributed by atoms with Gasteiger partial charge in [-0.25, -0.2) is 9.59 Å². The van der Waals surface area contributed by atoms with Crippen molar-refractivity contribution in [3.8, 4) is 11.5 Å². The van der Waals surface area contributed by atoms with Crippen molar-refractivity contribution in [1.82, 2.24) is 0 Å². The molecule has 0 amide bonds. The number of ether oxygens (including phenoxy) is 3. The maximum absolute atomic E-state index is 11.7. The van der Waals surface area contributed by atoms with Crippen LogP contribution in [-0.2, 0) is 9.53 Å². The highest BCUT2D eigenvalue weighted by Gasteiger charge is 2.07. The number of hydrogen-bond donors (Lipinski definition) is 0. The minimum absolute atomic E-state index is 0.128. The molecule has 0 saturated heterocycles. The molecule has 26 heavy (non-hydrogen) atoms. The lowest BCUT2D eigenvalue weighted by Gasteiger charge is -2.09. The topological polar surface area (TPSA) is 75.0 Å². The van der Waals surface area contributed by atoms with Crippen LogP contribution in [0.25, 0.3) is 11.0 Å². The number of para-hydroxylation sites is 1. The van der Waals surface area contributed by atoms with E-state index in [2.05, 4.69) is 0 Å². The van der Waals surface area contributed by atoms with Crippen molar-refractivity contribution >= 4 is 16.9 Å². The minimum Gasteiger partial charge on any atom is -0.490 e. The lowest BCUT2D eigenvalue weighted by atomic mass is 10.1. The smallest absolute Gasteiger partial charge is 0.344 e. The second kappa shape index (κ2) is 8.20. The molecule has 1 heterocycles. The number of fused-ring (bicyclic) bond motifs is 1. The van der Waals surface area contributed by atoms with Gasteiger partial charge < -0.3 is 18.6 Å².